The molecule has 24 heavy (non-hydrogen) atoms. The van der Waals surface area contributed by atoms with Crippen molar-refractivity contribution in [3.63, 3.8) is 0 Å². The molecule has 0 bridgehead atoms. The normalized spacial score (nSPS) is 14.2. The second-order valence-corrected chi connectivity index (χ2v) is 5.78. The monoisotopic (exact) mass is 322 g/mol. The van der Waals surface area contributed by atoms with Crippen molar-refractivity contribution in [3.8, 4) is 0 Å². The van der Waals surface area contributed by atoms with Crippen LogP contribution < -0.4 is 0 Å². The Labute approximate surface area is 139 Å². The number of hydrogen-bond acceptors (Lipinski definition) is 4. The van der Waals surface area contributed by atoms with Crippen molar-refractivity contribution in [2.45, 2.75) is 19.5 Å². The van der Waals surface area contributed by atoms with Crippen LogP contribution in [0.2, 0.25) is 0 Å². The second kappa shape index (κ2) is 6.27. The van der Waals surface area contributed by atoms with Gasteiger partial charge in [0.25, 0.3) is 5.91 Å². The topological polar surface area (TPSA) is 68.8 Å². The van der Waals surface area contributed by atoms with E-state index in [4.69, 9.17) is 0 Å². The lowest BCUT2D eigenvalue weighted by Crippen LogP contribution is -2.34. The first-order valence-corrected chi connectivity index (χ1v) is 8.02. The Morgan fingerprint density at radius 1 is 1.08 bits per heavy atom. The molecule has 0 fully saturated rings. The van der Waals surface area contributed by atoms with E-state index in [1.54, 1.807) is 18.5 Å². The summed E-state index contributed by atoms with van der Waals surface area (Å²) in [4.78, 5) is 23.1. The van der Waals surface area contributed by atoms with Crippen molar-refractivity contribution in [2.24, 2.45) is 0 Å². The summed E-state index contributed by atoms with van der Waals surface area (Å²) in [6, 6.07) is 7.32. The number of amides is 1. The van der Waals surface area contributed by atoms with Crippen molar-refractivity contribution in [1.29, 1.82) is 0 Å². The van der Waals surface area contributed by atoms with Crippen LogP contribution in [-0.2, 0) is 19.5 Å². The summed E-state index contributed by atoms with van der Waals surface area (Å²) in [6.07, 6.45) is 8.02. The predicted molar refractivity (Wildman–Crippen MR) is 87.4 cm³/mol. The standard InChI is InChI=1S/C17H18N6O/c24-17(15-4-1-2-6-18-15)21-9-5-16-19-12-14(23(16)11-10-21)13-22-8-3-7-20-22/h1-4,6-8,12H,5,9-11,13H2. The molecule has 0 unspecified atom stereocenters. The van der Waals surface area contributed by atoms with Crippen LogP contribution in [0.1, 0.15) is 22.0 Å². The largest absolute Gasteiger partial charge is 0.335 e. The Balaban J connectivity index is 1.50. The van der Waals surface area contributed by atoms with E-state index in [0.29, 0.717) is 25.3 Å². The first-order chi connectivity index (χ1) is 11.8. The fraction of sp³-hybridized carbons (Fsp3) is 0.294. The van der Waals surface area contributed by atoms with Crippen molar-refractivity contribution < 1.29 is 4.79 Å². The minimum absolute atomic E-state index is 0.0185. The second-order valence-electron chi connectivity index (χ2n) is 5.78. The van der Waals surface area contributed by atoms with Crippen molar-refractivity contribution in [1.82, 2.24) is 29.2 Å². The van der Waals surface area contributed by atoms with Gasteiger partial charge < -0.3 is 9.47 Å². The van der Waals surface area contributed by atoms with Crippen LogP contribution >= 0.6 is 0 Å². The zero-order chi connectivity index (χ0) is 16.4. The molecular weight excluding hydrogens is 304 g/mol. The number of hydrogen-bond donors (Lipinski definition) is 0. The number of carbonyl (C=O) groups excluding carboxylic acids is 1. The summed E-state index contributed by atoms with van der Waals surface area (Å²) in [5, 5.41) is 4.25. The van der Waals surface area contributed by atoms with Gasteiger partial charge in [-0.3, -0.25) is 14.5 Å². The van der Waals surface area contributed by atoms with Crippen LogP contribution in [0.15, 0.2) is 49.1 Å². The van der Waals surface area contributed by atoms with E-state index in [2.05, 4.69) is 19.6 Å². The maximum atomic E-state index is 12.6. The molecule has 1 aliphatic heterocycles. The van der Waals surface area contributed by atoms with Crippen molar-refractivity contribution in [2.75, 3.05) is 13.1 Å². The molecule has 1 amide bonds. The zero-order valence-electron chi connectivity index (χ0n) is 13.2. The van der Waals surface area contributed by atoms with Crippen LogP contribution in [0.4, 0.5) is 0 Å². The Kier molecular flexibility index (Phi) is 3.82. The summed E-state index contributed by atoms with van der Waals surface area (Å²) < 4.78 is 4.08. The number of imidazole rings is 1. The molecule has 0 atom stereocenters. The fourth-order valence-corrected chi connectivity index (χ4v) is 3.03. The number of pyridine rings is 1. The molecule has 0 saturated heterocycles. The maximum absolute atomic E-state index is 12.6. The molecule has 7 heteroatoms. The SMILES string of the molecule is O=C(c1ccccn1)N1CCc2ncc(Cn3cccn3)n2CC1. The first-order valence-electron chi connectivity index (χ1n) is 8.02. The highest BCUT2D eigenvalue weighted by molar-refractivity contribution is 5.92. The summed E-state index contributed by atoms with van der Waals surface area (Å²) in [5.74, 6) is 1.00. The lowest BCUT2D eigenvalue weighted by atomic mass is 10.3. The number of nitrogens with zero attached hydrogens (tertiary/aromatic N) is 6. The van der Waals surface area contributed by atoms with Gasteiger partial charge in [-0.05, 0) is 18.2 Å². The van der Waals surface area contributed by atoms with E-state index >= 15 is 0 Å². The van der Waals surface area contributed by atoms with Crippen LogP contribution in [0, 0.1) is 0 Å². The molecule has 0 radical (unpaired) electrons. The van der Waals surface area contributed by atoms with Gasteiger partial charge in [0.05, 0.1) is 18.4 Å². The first kappa shape index (κ1) is 14.6. The van der Waals surface area contributed by atoms with Gasteiger partial charge in [0.15, 0.2) is 0 Å². The summed E-state index contributed by atoms with van der Waals surface area (Å²) in [6.45, 7) is 2.75. The van der Waals surface area contributed by atoms with Gasteiger partial charge in [0.2, 0.25) is 0 Å². The molecule has 0 N–H and O–H groups in total. The Morgan fingerprint density at radius 2 is 2.04 bits per heavy atom. The van der Waals surface area contributed by atoms with E-state index in [1.807, 2.05) is 40.2 Å². The summed E-state index contributed by atoms with van der Waals surface area (Å²) in [5.41, 5.74) is 1.61. The number of aromatic nitrogens is 5. The Hall–Kier alpha value is -2.96. The number of carbonyl (C=O) groups is 1. The molecule has 122 valence electrons. The van der Waals surface area contributed by atoms with Gasteiger partial charge in [-0.15, -0.1) is 0 Å². The lowest BCUT2D eigenvalue weighted by Gasteiger charge is -2.19. The number of rotatable bonds is 3. The molecular formula is C17H18N6O. The molecule has 4 heterocycles. The average Bonchev–Trinajstić information content (AvgIpc) is 3.21. The Morgan fingerprint density at radius 3 is 2.83 bits per heavy atom. The van der Waals surface area contributed by atoms with E-state index in [9.17, 15) is 4.79 Å². The minimum Gasteiger partial charge on any atom is -0.335 e. The molecule has 3 aromatic rings. The van der Waals surface area contributed by atoms with Gasteiger partial charge in [0.1, 0.15) is 11.5 Å². The fourth-order valence-electron chi connectivity index (χ4n) is 3.03. The third-order valence-electron chi connectivity index (χ3n) is 4.27. The molecule has 0 aliphatic carbocycles. The van der Waals surface area contributed by atoms with Gasteiger partial charge in [0, 0.05) is 44.6 Å². The third-order valence-corrected chi connectivity index (χ3v) is 4.27. The summed E-state index contributed by atoms with van der Waals surface area (Å²) >= 11 is 0. The highest BCUT2D eigenvalue weighted by atomic mass is 16.2. The highest BCUT2D eigenvalue weighted by Gasteiger charge is 2.22. The van der Waals surface area contributed by atoms with E-state index in [-0.39, 0.29) is 5.91 Å². The van der Waals surface area contributed by atoms with Gasteiger partial charge in [-0.1, -0.05) is 6.07 Å². The van der Waals surface area contributed by atoms with Crippen molar-refractivity contribution >= 4 is 5.91 Å². The van der Waals surface area contributed by atoms with E-state index < -0.39 is 0 Å². The van der Waals surface area contributed by atoms with E-state index in [1.165, 1.54) is 0 Å². The predicted octanol–water partition coefficient (Wildman–Crippen LogP) is 1.22. The van der Waals surface area contributed by atoms with Gasteiger partial charge >= 0.3 is 0 Å². The smallest absolute Gasteiger partial charge is 0.272 e. The average molecular weight is 322 g/mol. The lowest BCUT2D eigenvalue weighted by molar-refractivity contribution is 0.0753. The molecule has 4 rings (SSSR count). The molecule has 1 aliphatic rings. The van der Waals surface area contributed by atoms with E-state index in [0.717, 1.165) is 24.5 Å². The van der Waals surface area contributed by atoms with Gasteiger partial charge in [-0.25, -0.2) is 4.98 Å². The quantitative estimate of drug-likeness (QED) is 0.727. The Bertz CT molecular complexity index is 824. The zero-order valence-corrected chi connectivity index (χ0v) is 13.2. The third kappa shape index (κ3) is 2.80. The molecule has 0 spiro atoms. The highest BCUT2D eigenvalue weighted by Crippen LogP contribution is 2.14. The molecule has 0 aromatic carbocycles. The van der Waals surface area contributed by atoms with Gasteiger partial charge in [-0.2, -0.15) is 5.10 Å². The minimum atomic E-state index is -0.0185. The maximum Gasteiger partial charge on any atom is 0.272 e. The molecule has 3 aromatic heterocycles. The molecule has 7 nitrogen and oxygen atoms in total. The summed E-state index contributed by atoms with van der Waals surface area (Å²) in [7, 11) is 0. The van der Waals surface area contributed by atoms with Crippen LogP contribution in [0.5, 0.6) is 0 Å². The van der Waals surface area contributed by atoms with Crippen LogP contribution in [-0.4, -0.2) is 48.2 Å². The van der Waals surface area contributed by atoms with Crippen LogP contribution in [0.3, 0.4) is 0 Å². The van der Waals surface area contributed by atoms with Crippen LogP contribution in [0.25, 0.3) is 0 Å². The number of fused-ring (bicyclic) bond motifs is 1. The molecule has 0 saturated carbocycles. The van der Waals surface area contributed by atoms with Crippen molar-refractivity contribution in [3.05, 3.63) is 66.3 Å².